The lowest BCUT2D eigenvalue weighted by Crippen LogP contribution is -2.43. The van der Waals surface area contributed by atoms with Crippen molar-refractivity contribution in [2.45, 2.75) is 26.4 Å². The van der Waals surface area contributed by atoms with Crippen LogP contribution in [0.15, 0.2) is 42.5 Å². The minimum Gasteiger partial charge on any atom is -0.393 e. The molecule has 5 nitrogen and oxygen atoms in total. The minimum atomic E-state index is -0.595. The molecule has 0 aliphatic rings. The Morgan fingerprint density at radius 1 is 1.21 bits per heavy atom. The highest BCUT2D eigenvalue weighted by molar-refractivity contribution is 7.15. The molecule has 0 aliphatic carbocycles. The van der Waals surface area contributed by atoms with Crippen LogP contribution in [0.5, 0.6) is 0 Å². The standard InChI is InChI=1S/C18H22N2O3S/c1-12(21)18(2,10-13-6-4-3-5-7-13)11-20-17(23)15-9-8-14(24-15)16(19)22/h3-9,12,21H,10-11H2,1-2H3,(H2,19,22)(H,20,23)/t12-,18+/m0/s1. The second-order valence-electron chi connectivity index (χ2n) is 6.20. The van der Waals surface area contributed by atoms with Crippen molar-refractivity contribution < 1.29 is 14.7 Å². The van der Waals surface area contributed by atoms with Crippen molar-refractivity contribution in [1.29, 1.82) is 0 Å². The molecule has 0 aliphatic heterocycles. The maximum Gasteiger partial charge on any atom is 0.261 e. The molecule has 0 spiro atoms. The van der Waals surface area contributed by atoms with Crippen molar-refractivity contribution in [1.82, 2.24) is 5.32 Å². The fourth-order valence-electron chi connectivity index (χ4n) is 2.38. The number of nitrogens with two attached hydrogens (primary N) is 1. The Kier molecular flexibility index (Phi) is 5.75. The van der Waals surface area contributed by atoms with Gasteiger partial charge in [0.2, 0.25) is 0 Å². The van der Waals surface area contributed by atoms with Crippen LogP contribution in [0.2, 0.25) is 0 Å². The van der Waals surface area contributed by atoms with Crippen molar-refractivity contribution in [2.75, 3.05) is 6.54 Å². The molecule has 24 heavy (non-hydrogen) atoms. The van der Waals surface area contributed by atoms with Crippen molar-refractivity contribution in [3.63, 3.8) is 0 Å². The van der Waals surface area contributed by atoms with Gasteiger partial charge in [-0.1, -0.05) is 37.3 Å². The van der Waals surface area contributed by atoms with Gasteiger partial charge in [0.05, 0.1) is 15.9 Å². The van der Waals surface area contributed by atoms with Crippen molar-refractivity contribution in [3.05, 3.63) is 57.8 Å². The van der Waals surface area contributed by atoms with E-state index >= 15 is 0 Å². The van der Waals surface area contributed by atoms with Crippen LogP contribution >= 0.6 is 11.3 Å². The molecule has 1 aromatic heterocycles. The first-order valence-corrected chi connectivity index (χ1v) is 8.53. The van der Waals surface area contributed by atoms with E-state index in [-0.39, 0.29) is 5.91 Å². The second kappa shape index (κ2) is 7.59. The summed E-state index contributed by atoms with van der Waals surface area (Å²) < 4.78 is 0. The average Bonchev–Trinajstić information content (AvgIpc) is 3.04. The van der Waals surface area contributed by atoms with Gasteiger partial charge >= 0.3 is 0 Å². The zero-order valence-electron chi connectivity index (χ0n) is 13.8. The van der Waals surface area contributed by atoms with Gasteiger partial charge in [0, 0.05) is 12.0 Å². The number of primary amides is 1. The summed E-state index contributed by atoms with van der Waals surface area (Å²) in [5.41, 5.74) is 5.80. The minimum absolute atomic E-state index is 0.271. The second-order valence-corrected chi connectivity index (χ2v) is 7.29. The normalized spacial score (nSPS) is 14.6. The number of carbonyl (C=O) groups is 2. The molecule has 4 N–H and O–H groups in total. The molecule has 0 unspecified atom stereocenters. The topological polar surface area (TPSA) is 92.4 Å². The van der Waals surface area contributed by atoms with Gasteiger partial charge in [0.25, 0.3) is 11.8 Å². The number of hydrogen-bond acceptors (Lipinski definition) is 4. The summed E-state index contributed by atoms with van der Waals surface area (Å²) in [7, 11) is 0. The first kappa shape index (κ1) is 18.2. The quantitative estimate of drug-likeness (QED) is 0.717. The third kappa shape index (κ3) is 4.43. The van der Waals surface area contributed by atoms with Crippen LogP contribution in [0.4, 0.5) is 0 Å². The molecule has 2 atom stereocenters. The monoisotopic (exact) mass is 346 g/mol. The van der Waals surface area contributed by atoms with Crippen LogP contribution in [0, 0.1) is 5.41 Å². The number of thiophene rings is 1. The summed E-state index contributed by atoms with van der Waals surface area (Å²) in [5, 5.41) is 13.0. The summed E-state index contributed by atoms with van der Waals surface area (Å²) in [6.07, 6.45) is 0.0467. The van der Waals surface area contributed by atoms with Crippen molar-refractivity contribution >= 4 is 23.2 Å². The summed E-state index contributed by atoms with van der Waals surface area (Å²) >= 11 is 1.06. The smallest absolute Gasteiger partial charge is 0.261 e. The average molecular weight is 346 g/mol. The molecule has 0 saturated heterocycles. The Balaban J connectivity index is 2.04. The Labute approximate surface area is 145 Å². The van der Waals surface area contributed by atoms with E-state index < -0.39 is 17.4 Å². The number of benzene rings is 1. The Bertz CT molecular complexity index is 712. The van der Waals surface area contributed by atoms with E-state index in [4.69, 9.17) is 5.73 Å². The SMILES string of the molecule is C[C@H](O)[C@@](C)(CNC(=O)c1ccc(C(N)=O)s1)Cc1ccccc1. The molecule has 2 aromatic rings. The zero-order valence-corrected chi connectivity index (χ0v) is 14.6. The molecular weight excluding hydrogens is 324 g/mol. The molecule has 2 amide bonds. The first-order chi connectivity index (χ1) is 11.3. The molecule has 0 fully saturated rings. The van der Waals surface area contributed by atoms with Crippen LogP contribution in [-0.2, 0) is 6.42 Å². The van der Waals surface area contributed by atoms with Gasteiger partial charge in [0.1, 0.15) is 0 Å². The highest BCUT2D eigenvalue weighted by atomic mass is 32.1. The fourth-order valence-corrected chi connectivity index (χ4v) is 3.16. The number of nitrogens with one attached hydrogen (secondary N) is 1. The Hall–Kier alpha value is -2.18. The lowest BCUT2D eigenvalue weighted by atomic mass is 9.79. The predicted molar refractivity (Wildman–Crippen MR) is 95.1 cm³/mol. The predicted octanol–water partition coefficient (Wildman–Crippen LogP) is 2.21. The van der Waals surface area contributed by atoms with Crippen molar-refractivity contribution in [2.24, 2.45) is 11.1 Å². The van der Waals surface area contributed by atoms with E-state index in [1.807, 2.05) is 37.3 Å². The largest absolute Gasteiger partial charge is 0.393 e. The highest BCUT2D eigenvalue weighted by Crippen LogP contribution is 2.26. The number of rotatable bonds is 7. The summed E-state index contributed by atoms with van der Waals surface area (Å²) in [6.45, 7) is 3.99. The van der Waals surface area contributed by atoms with Gasteiger partial charge in [-0.05, 0) is 31.0 Å². The molecule has 0 saturated carbocycles. The molecule has 0 bridgehead atoms. The van der Waals surface area contributed by atoms with Crippen LogP contribution in [0.1, 0.15) is 38.8 Å². The van der Waals surface area contributed by atoms with Gasteiger partial charge in [-0.2, -0.15) is 0 Å². The van der Waals surface area contributed by atoms with Gasteiger partial charge in [-0.3, -0.25) is 9.59 Å². The van der Waals surface area contributed by atoms with Crippen LogP contribution in [0.3, 0.4) is 0 Å². The van der Waals surface area contributed by atoms with Gasteiger partial charge in [-0.25, -0.2) is 0 Å². The summed E-state index contributed by atoms with van der Waals surface area (Å²) in [5.74, 6) is -0.815. The molecule has 6 heteroatoms. The highest BCUT2D eigenvalue weighted by Gasteiger charge is 2.31. The Morgan fingerprint density at radius 2 is 1.83 bits per heavy atom. The van der Waals surface area contributed by atoms with E-state index in [0.717, 1.165) is 16.9 Å². The van der Waals surface area contributed by atoms with E-state index in [1.54, 1.807) is 19.1 Å². The van der Waals surface area contributed by atoms with Crippen molar-refractivity contribution in [3.8, 4) is 0 Å². The molecule has 2 rings (SSSR count). The number of aliphatic hydroxyl groups is 1. The molecular formula is C18H22N2O3S. The van der Waals surface area contributed by atoms with Gasteiger partial charge in [-0.15, -0.1) is 11.3 Å². The van der Waals surface area contributed by atoms with Crippen LogP contribution < -0.4 is 11.1 Å². The first-order valence-electron chi connectivity index (χ1n) is 7.71. The number of aliphatic hydroxyl groups excluding tert-OH is 1. The maximum atomic E-state index is 12.3. The van der Waals surface area contributed by atoms with E-state index in [0.29, 0.717) is 22.7 Å². The van der Waals surface area contributed by atoms with Gasteiger partial charge in [0.15, 0.2) is 0 Å². The van der Waals surface area contributed by atoms with E-state index in [9.17, 15) is 14.7 Å². The molecule has 1 aromatic carbocycles. The molecule has 0 radical (unpaired) electrons. The number of amides is 2. The number of hydrogen-bond donors (Lipinski definition) is 3. The van der Waals surface area contributed by atoms with Crippen LogP contribution in [0.25, 0.3) is 0 Å². The maximum absolute atomic E-state index is 12.3. The third-order valence-corrected chi connectivity index (χ3v) is 5.28. The van der Waals surface area contributed by atoms with E-state index in [2.05, 4.69) is 5.32 Å². The molecule has 128 valence electrons. The number of carbonyl (C=O) groups excluding carboxylic acids is 2. The summed E-state index contributed by atoms with van der Waals surface area (Å²) in [6, 6.07) is 13.0. The van der Waals surface area contributed by atoms with E-state index in [1.165, 1.54) is 0 Å². The third-order valence-electron chi connectivity index (χ3n) is 4.18. The van der Waals surface area contributed by atoms with Gasteiger partial charge < -0.3 is 16.2 Å². The lowest BCUT2D eigenvalue weighted by Gasteiger charge is -2.33. The Morgan fingerprint density at radius 3 is 2.38 bits per heavy atom. The zero-order chi connectivity index (χ0) is 17.7. The lowest BCUT2D eigenvalue weighted by molar-refractivity contribution is 0.0501. The van der Waals surface area contributed by atoms with Crippen LogP contribution in [-0.4, -0.2) is 29.6 Å². The summed E-state index contributed by atoms with van der Waals surface area (Å²) in [4.78, 5) is 24.2. The molecule has 1 heterocycles. The fraction of sp³-hybridized carbons (Fsp3) is 0.333.